The molecule has 0 aliphatic carbocycles. The van der Waals surface area contributed by atoms with Crippen molar-refractivity contribution in [2.75, 3.05) is 0 Å². The van der Waals surface area contributed by atoms with Gasteiger partial charge in [0.05, 0.1) is 11.0 Å². The van der Waals surface area contributed by atoms with E-state index in [2.05, 4.69) is 16.6 Å². The van der Waals surface area contributed by atoms with Crippen molar-refractivity contribution in [3.63, 3.8) is 0 Å². The zero-order valence-electron chi connectivity index (χ0n) is 21.8. The van der Waals surface area contributed by atoms with Gasteiger partial charge in [-0.3, -0.25) is 10.1 Å². The van der Waals surface area contributed by atoms with Crippen LogP contribution in [-0.4, -0.2) is 27.3 Å². The normalized spacial score (nSPS) is 12.6. The maximum absolute atomic E-state index is 11.6. The first kappa shape index (κ1) is 25.9. The molecule has 4 aromatic rings. The van der Waals surface area contributed by atoms with Crippen molar-refractivity contribution in [2.24, 2.45) is 5.16 Å². The summed E-state index contributed by atoms with van der Waals surface area (Å²) in [5, 5.41) is 17.3. The van der Waals surface area contributed by atoms with Gasteiger partial charge in [0.15, 0.2) is 0 Å². The van der Waals surface area contributed by atoms with Crippen LogP contribution in [0.25, 0.3) is 21.8 Å². The second-order valence-corrected chi connectivity index (χ2v) is 9.15. The molecule has 8 nitrogen and oxygen atoms in total. The van der Waals surface area contributed by atoms with Gasteiger partial charge in [0, 0.05) is 58.5 Å². The second kappa shape index (κ2) is 10.8. The number of nitro groups is 1. The highest BCUT2D eigenvalue weighted by Gasteiger charge is 2.18. The van der Waals surface area contributed by atoms with Crippen LogP contribution in [0.4, 0.5) is 5.69 Å². The van der Waals surface area contributed by atoms with Crippen LogP contribution in [-0.2, 0) is 16.2 Å². The number of nitrogens with zero attached hydrogens (tertiary/aromatic N) is 3. The van der Waals surface area contributed by atoms with Crippen molar-refractivity contribution >= 4 is 39.2 Å². The van der Waals surface area contributed by atoms with Gasteiger partial charge in [-0.25, -0.2) is 4.79 Å². The highest BCUT2D eigenvalue weighted by molar-refractivity contribution is 6.17. The highest BCUT2D eigenvalue weighted by Crippen LogP contribution is 2.33. The van der Waals surface area contributed by atoms with Crippen molar-refractivity contribution in [1.29, 1.82) is 0 Å². The summed E-state index contributed by atoms with van der Waals surface area (Å²) in [4.78, 5) is 27.8. The predicted octanol–water partition coefficient (Wildman–Crippen LogP) is 6.91. The molecule has 0 fully saturated rings. The minimum atomic E-state index is -0.525. The van der Waals surface area contributed by atoms with Crippen LogP contribution in [0.3, 0.4) is 0 Å². The summed E-state index contributed by atoms with van der Waals surface area (Å²) in [6.07, 6.45) is 2.10. The van der Waals surface area contributed by atoms with Crippen molar-refractivity contribution in [3.8, 4) is 5.75 Å². The number of nitro benzene ring substituents is 1. The monoisotopic (exact) mass is 501 g/mol. The maximum atomic E-state index is 11.6. The molecule has 0 radical (unpaired) electrons. The van der Waals surface area contributed by atoms with E-state index in [-0.39, 0.29) is 16.7 Å². The van der Waals surface area contributed by atoms with Gasteiger partial charge in [-0.05, 0) is 69.2 Å². The third kappa shape index (κ3) is 5.33. The zero-order chi connectivity index (χ0) is 26.7. The van der Waals surface area contributed by atoms with E-state index in [9.17, 15) is 14.9 Å². The Hall–Kier alpha value is -4.20. The van der Waals surface area contributed by atoms with Gasteiger partial charge in [0.2, 0.25) is 0 Å². The number of carbonyl (C=O) groups is 1. The first-order valence-electron chi connectivity index (χ1n) is 12.5. The molecule has 3 aromatic carbocycles. The van der Waals surface area contributed by atoms with Gasteiger partial charge in [-0.2, -0.15) is 0 Å². The molecular formula is C29H31N3O5. The Bertz CT molecular complexity index is 1520. The SMILES string of the molecule is CCCC(C)Oc1ccc(/C(=N\OC(C)=O)c2ccc3c(c2)c2cc([N+](=O)[O-])ccc2n3CC)c(C)c1. The predicted molar refractivity (Wildman–Crippen MR) is 145 cm³/mol. The lowest BCUT2D eigenvalue weighted by Gasteiger charge is -2.16. The lowest BCUT2D eigenvalue weighted by atomic mass is 9.96. The number of carbonyl (C=O) groups excluding carboxylic acids is 1. The average molecular weight is 502 g/mol. The molecule has 1 heterocycles. The zero-order valence-corrected chi connectivity index (χ0v) is 21.8. The molecule has 0 aliphatic rings. The van der Waals surface area contributed by atoms with Crippen LogP contribution in [0.5, 0.6) is 5.75 Å². The number of benzene rings is 3. The molecule has 37 heavy (non-hydrogen) atoms. The third-order valence-electron chi connectivity index (χ3n) is 6.40. The van der Waals surface area contributed by atoms with Crippen LogP contribution in [0.15, 0.2) is 59.8 Å². The molecule has 1 atom stereocenters. The summed E-state index contributed by atoms with van der Waals surface area (Å²) in [5.74, 6) is 0.241. The molecule has 0 N–H and O–H groups in total. The number of hydrogen-bond acceptors (Lipinski definition) is 6. The van der Waals surface area contributed by atoms with E-state index in [0.717, 1.165) is 57.1 Å². The van der Waals surface area contributed by atoms with Crippen LogP contribution in [0.2, 0.25) is 0 Å². The number of non-ortho nitro benzene ring substituents is 1. The van der Waals surface area contributed by atoms with Gasteiger partial charge in [-0.15, -0.1) is 0 Å². The van der Waals surface area contributed by atoms with E-state index >= 15 is 0 Å². The average Bonchev–Trinajstić information content (AvgIpc) is 3.17. The summed E-state index contributed by atoms with van der Waals surface area (Å²) in [6, 6.07) is 16.5. The minimum Gasteiger partial charge on any atom is -0.491 e. The molecule has 0 amide bonds. The van der Waals surface area contributed by atoms with Gasteiger partial charge >= 0.3 is 5.97 Å². The first-order valence-corrected chi connectivity index (χ1v) is 12.5. The van der Waals surface area contributed by atoms with E-state index in [4.69, 9.17) is 9.57 Å². The van der Waals surface area contributed by atoms with Crippen LogP contribution in [0.1, 0.15) is 57.2 Å². The van der Waals surface area contributed by atoms with Gasteiger partial charge in [0.1, 0.15) is 11.5 Å². The fourth-order valence-corrected chi connectivity index (χ4v) is 4.73. The number of ether oxygens (including phenoxy) is 1. The van der Waals surface area contributed by atoms with Crippen LogP contribution in [0, 0.1) is 17.0 Å². The molecule has 0 saturated carbocycles. The molecule has 192 valence electrons. The van der Waals surface area contributed by atoms with Crippen LogP contribution < -0.4 is 4.74 Å². The standard InChI is InChI=1S/C29H31N3O5/c1-6-8-19(4)36-23-11-12-24(18(3)15-23)29(30-37-20(5)33)21-9-13-27-25(16-21)26-17-22(32(34)35)10-14-28(26)31(27)7-2/h9-17,19H,6-8H2,1-5H3/b30-29-. The van der Waals surface area contributed by atoms with Crippen molar-refractivity contribution in [2.45, 2.75) is 60.1 Å². The van der Waals surface area contributed by atoms with E-state index in [0.29, 0.717) is 12.3 Å². The molecule has 4 rings (SSSR count). The molecule has 1 unspecified atom stereocenters. The van der Waals surface area contributed by atoms with Crippen molar-refractivity contribution < 1.29 is 19.3 Å². The van der Waals surface area contributed by atoms with Gasteiger partial charge in [-0.1, -0.05) is 24.6 Å². The highest BCUT2D eigenvalue weighted by atomic mass is 16.7. The Balaban J connectivity index is 1.86. The summed E-state index contributed by atoms with van der Waals surface area (Å²) >= 11 is 0. The number of aromatic nitrogens is 1. The molecule has 0 bridgehead atoms. The van der Waals surface area contributed by atoms with Crippen molar-refractivity contribution in [1.82, 2.24) is 4.57 Å². The molecule has 8 heteroatoms. The quantitative estimate of drug-likeness (QED) is 0.107. The van der Waals surface area contributed by atoms with Gasteiger partial charge in [0.25, 0.3) is 5.69 Å². The van der Waals surface area contributed by atoms with Crippen molar-refractivity contribution in [3.05, 3.63) is 81.4 Å². The lowest BCUT2D eigenvalue weighted by Crippen LogP contribution is -2.12. The lowest BCUT2D eigenvalue weighted by molar-refractivity contribution is -0.384. The number of fused-ring (bicyclic) bond motifs is 3. The molecule has 0 saturated heterocycles. The smallest absolute Gasteiger partial charge is 0.332 e. The number of oxime groups is 1. The van der Waals surface area contributed by atoms with E-state index in [1.807, 2.05) is 57.2 Å². The number of rotatable bonds is 9. The van der Waals surface area contributed by atoms with E-state index < -0.39 is 5.97 Å². The Morgan fingerprint density at radius 3 is 2.38 bits per heavy atom. The number of aryl methyl sites for hydroxylation is 2. The minimum absolute atomic E-state index is 0.0330. The fraction of sp³-hybridized carbons (Fsp3) is 0.310. The van der Waals surface area contributed by atoms with Crippen LogP contribution >= 0.6 is 0 Å². The summed E-state index contributed by atoms with van der Waals surface area (Å²) in [7, 11) is 0. The maximum Gasteiger partial charge on any atom is 0.332 e. The Morgan fingerprint density at radius 2 is 1.76 bits per heavy atom. The second-order valence-electron chi connectivity index (χ2n) is 9.15. The van der Waals surface area contributed by atoms with Gasteiger partial charge < -0.3 is 14.1 Å². The Kier molecular flexibility index (Phi) is 7.57. The summed E-state index contributed by atoms with van der Waals surface area (Å²) < 4.78 is 8.16. The first-order chi connectivity index (χ1) is 17.7. The largest absolute Gasteiger partial charge is 0.491 e. The third-order valence-corrected chi connectivity index (χ3v) is 6.40. The Labute approximate surface area is 215 Å². The number of hydrogen-bond donors (Lipinski definition) is 0. The summed E-state index contributed by atoms with van der Waals surface area (Å²) in [6.45, 7) is 10.2. The molecule has 1 aromatic heterocycles. The molecule has 0 aliphatic heterocycles. The Morgan fingerprint density at radius 1 is 1.05 bits per heavy atom. The summed E-state index contributed by atoms with van der Waals surface area (Å²) in [5.41, 5.74) is 4.83. The fourth-order valence-electron chi connectivity index (χ4n) is 4.73. The van der Waals surface area contributed by atoms with E-state index in [1.54, 1.807) is 12.1 Å². The van der Waals surface area contributed by atoms with E-state index in [1.165, 1.54) is 13.0 Å². The topological polar surface area (TPSA) is 96.0 Å². The molecular weight excluding hydrogens is 470 g/mol. The molecule has 0 spiro atoms.